The van der Waals surface area contributed by atoms with Gasteiger partial charge in [-0.3, -0.25) is 4.98 Å². The molecule has 2 saturated heterocycles. The minimum atomic E-state index is 0.664. The van der Waals surface area contributed by atoms with Gasteiger partial charge in [0.2, 0.25) is 0 Å². The van der Waals surface area contributed by atoms with Gasteiger partial charge in [0, 0.05) is 24.0 Å². The van der Waals surface area contributed by atoms with Crippen LogP contribution in [0, 0.1) is 0 Å². The minimum Gasteiger partial charge on any atom is -0.308 e. The number of piperidine rings is 1. The molecule has 4 rings (SSSR count). The molecule has 2 aliphatic heterocycles. The molecule has 2 fully saturated rings. The second kappa shape index (κ2) is 5.74. The maximum Gasteiger partial charge on any atom is 0.0705 e. The summed E-state index contributed by atoms with van der Waals surface area (Å²) in [7, 11) is 0. The fourth-order valence-corrected chi connectivity index (χ4v) is 3.87. The molecular formula is C18H23N3. The third kappa shape index (κ3) is 2.81. The van der Waals surface area contributed by atoms with Gasteiger partial charge in [-0.1, -0.05) is 24.3 Å². The Kier molecular flexibility index (Phi) is 3.62. The van der Waals surface area contributed by atoms with Gasteiger partial charge in [-0.2, -0.15) is 0 Å². The summed E-state index contributed by atoms with van der Waals surface area (Å²) in [5.74, 6) is 0. The molecule has 0 amide bonds. The number of hydrogen-bond donors (Lipinski definition) is 1. The number of hydrogen-bond acceptors (Lipinski definition) is 3. The van der Waals surface area contributed by atoms with Gasteiger partial charge in [0.25, 0.3) is 0 Å². The van der Waals surface area contributed by atoms with Gasteiger partial charge in [0.15, 0.2) is 0 Å². The summed E-state index contributed by atoms with van der Waals surface area (Å²) in [5.41, 5.74) is 2.25. The largest absolute Gasteiger partial charge is 0.308 e. The first-order chi connectivity index (χ1) is 10.4. The lowest BCUT2D eigenvalue weighted by molar-refractivity contribution is 0.166. The smallest absolute Gasteiger partial charge is 0.0705 e. The fourth-order valence-electron chi connectivity index (χ4n) is 3.87. The zero-order valence-corrected chi connectivity index (χ0v) is 12.5. The van der Waals surface area contributed by atoms with E-state index in [2.05, 4.69) is 46.6 Å². The number of nitrogens with zero attached hydrogens (tertiary/aromatic N) is 2. The molecule has 0 radical (unpaired) electrons. The third-order valence-corrected chi connectivity index (χ3v) is 5.05. The van der Waals surface area contributed by atoms with Crippen LogP contribution < -0.4 is 5.32 Å². The van der Waals surface area contributed by atoms with Crippen LogP contribution in [0.5, 0.6) is 0 Å². The van der Waals surface area contributed by atoms with Crippen molar-refractivity contribution in [3.63, 3.8) is 0 Å². The second-order valence-electron chi connectivity index (χ2n) is 6.43. The Morgan fingerprint density at radius 2 is 2.05 bits per heavy atom. The molecule has 3 nitrogen and oxygen atoms in total. The molecule has 0 saturated carbocycles. The highest BCUT2D eigenvalue weighted by molar-refractivity contribution is 5.78. The summed E-state index contributed by atoms with van der Waals surface area (Å²) in [5, 5.41) is 4.95. The van der Waals surface area contributed by atoms with Gasteiger partial charge in [-0.15, -0.1) is 0 Å². The van der Waals surface area contributed by atoms with E-state index in [-0.39, 0.29) is 0 Å². The summed E-state index contributed by atoms with van der Waals surface area (Å²) in [6, 6.07) is 14.2. The normalized spacial score (nSPS) is 26.1. The molecule has 1 N–H and O–H groups in total. The SMILES string of the molecule is c1ccc2nc(CNC3CCN4CCCC4C3)ccc2c1. The van der Waals surface area contributed by atoms with Crippen molar-refractivity contribution in [2.45, 2.75) is 44.3 Å². The van der Waals surface area contributed by atoms with Gasteiger partial charge in [-0.25, -0.2) is 0 Å². The molecular weight excluding hydrogens is 258 g/mol. The van der Waals surface area contributed by atoms with Gasteiger partial charge in [0.1, 0.15) is 0 Å². The van der Waals surface area contributed by atoms with Crippen molar-refractivity contribution in [3.8, 4) is 0 Å². The average molecular weight is 281 g/mol. The average Bonchev–Trinajstić information content (AvgIpc) is 3.00. The molecule has 1 aromatic carbocycles. The molecule has 0 bridgehead atoms. The number of fused-ring (bicyclic) bond motifs is 2. The Morgan fingerprint density at radius 3 is 3.05 bits per heavy atom. The van der Waals surface area contributed by atoms with Crippen LogP contribution in [0.15, 0.2) is 36.4 Å². The quantitative estimate of drug-likeness (QED) is 0.937. The van der Waals surface area contributed by atoms with Gasteiger partial charge < -0.3 is 10.2 Å². The van der Waals surface area contributed by atoms with Crippen molar-refractivity contribution in [1.82, 2.24) is 15.2 Å². The van der Waals surface area contributed by atoms with Crippen LogP contribution >= 0.6 is 0 Å². The van der Waals surface area contributed by atoms with E-state index in [9.17, 15) is 0 Å². The molecule has 21 heavy (non-hydrogen) atoms. The van der Waals surface area contributed by atoms with E-state index in [0.29, 0.717) is 6.04 Å². The summed E-state index contributed by atoms with van der Waals surface area (Å²) < 4.78 is 0. The number of benzene rings is 1. The standard InChI is InChI=1S/C18H23N3/c1-2-6-18-14(4-1)7-8-16(20-18)13-19-15-9-11-21-10-3-5-17(21)12-15/h1-2,4,6-8,15,17,19H,3,5,9-13H2. The van der Waals surface area contributed by atoms with Crippen LogP contribution in [0.2, 0.25) is 0 Å². The van der Waals surface area contributed by atoms with Crippen molar-refractivity contribution >= 4 is 10.9 Å². The van der Waals surface area contributed by atoms with Crippen LogP contribution in [0.1, 0.15) is 31.4 Å². The monoisotopic (exact) mass is 281 g/mol. The van der Waals surface area contributed by atoms with Gasteiger partial charge >= 0.3 is 0 Å². The minimum absolute atomic E-state index is 0.664. The van der Waals surface area contributed by atoms with E-state index < -0.39 is 0 Å². The number of nitrogens with one attached hydrogen (secondary N) is 1. The lowest BCUT2D eigenvalue weighted by Crippen LogP contribution is -2.45. The Hall–Kier alpha value is -1.45. The number of para-hydroxylation sites is 1. The maximum absolute atomic E-state index is 4.75. The Balaban J connectivity index is 1.39. The van der Waals surface area contributed by atoms with Gasteiger partial charge in [0.05, 0.1) is 11.2 Å². The van der Waals surface area contributed by atoms with Crippen molar-refractivity contribution in [2.75, 3.05) is 13.1 Å². The molecule has 3 heterocycles. The highest BCUT2D eigenvalue weighted by atomic mass is 15.2. The third-order valence-electron chi connectivity index (χ3n) is 5.05. The summed E-state index contributed by atoms with van der Waals surface area (Å²) in [6.45, 7) is 3.49. The number of aromatic nitrogens is 1. The number of rotatable bonds is 3. The Morgan fingerprint density at radius 1 is 1.10 bits per heavy atom. The lowest BCUT2D eigenvalue weighted by Gasteiger charge is -2.35. The van der Waals surface area contributed by atoms with Crippen LogP contribution in [-0.2, 0) is 6.54 Å². The highest BCUT2D eigenvalue weighted by Crippen LogP contribution is 2.26. The van der Waals surface area contributed by atoms with Crippen LogP contribution in [0.25, 0.3) is 10.9 Å². The molecule has 2 unspecified atom stereocenters. The molecule has 0 spiro atoms. The summed E-state index contributed by atoms with van der Waals surface area (Å²) in [6.07, 6.45) is 5.38. The van der Waals surface area contributed by atoms with E-state index >= 15 is 0 Å². The molecule has 2 aliphatic rings. The first-order valence-electron chi connectivity index (χ1n) is 8.20. The van der Waals surface area contributed by atoms with E-state index in [0.717, 1.165) is 23.8 Å². The van der Waals surface area contributed by atoms with E-state index in [4.69, 9.17) is 4.98 Å². The molecule has 2 aromatic rings. The first-order valence-corrected chi connectivity index (χ1v) is 8.20. The Labute approximate surface area is 126 Å². The van der Waals surface area contributed by atoms with Crippen LogP contribution in [0.3, 0.4) is 0 Å². The molecule has 0 aliphatic carbocycles. The molecule has 3 heteroatoms. The zero-order chi connectivity index (χ0) is 14.1. The maximum atomic E-state index is 4.75. The van der Waals surface area contributed by atoms with E-state index in [1.54, 1.807) is 0 Å². The van der Waals surface area contributed by atoms with E-state index in [1.165, 1.54) is 44.2 Å². The summed E-state index contributed by atoms with van der Waals surface area (Å²) >= 11 is 0. The summed E-state index contributed by atoms with van der Waals surface area (Å²) in [4.78, 5) is 7.43. The predicted molar refractivity (Wildman–Crippen MR) is 86.2 cm³/mol. The van der Waals surface area contributed by atoms with Crippen molar-refractivity contribution in [2.24, 2.45) is 0 Å². The zero-order valence-electron chi connectivity index (χ0n) is 12.5. The molecule has 2 atom stereocenters. The topological polar surface area (TPSA) is 28.2 Å². The van der Waals surface area contributed by atoms with Crippen LogP contribution in [0.4, 0.5) is 0 Å². The molecule has 110 valence electrons. The predicted octanol–water partition coefficient (Wildman–Crippen LogP) is 2.95. The lowest BCUT2D eigenvalue weighted by atomic mass is 9.97. The Bertz CT molecular complexity index is 625. The molecule has 1 aromatic heterocycles. The van der Waals surface area contributed by atoms with Crippen molar-refractivity contribution in [3.05, 3.63) is 42.1 Å². The highest BCUT2D eigenvalue weighted by Gasteiger charge is 2.31. The number of pyridine rings is 1. The van der Waals surface area contributed by atoms with Crippen LogP contribution in [-0.4, -0.2) is 35.1 Å². The second-order valence-corrected chi connectivity index (χ2v) is 6.43. The van der Waals surface area contributed by atoms with E-state index in [1.807, 2.05) is 0 Å². The first kappa shape index (κ1) is 13.2. The van der Waals surface area contributed by atoms with Crippen molar-refractivity contribution < 1.29 is 0 Å². The fraction of sp³-hybridized carbons (Fsp3) is 0.500. The van der Waals surface area contributed by atoms with Gasteiger partial charge in [-0.05, 0) is 50.9 Å². The van der Waals surface area contributed by atoms with Crippen molar-refractivity contribution in [1.29, 1.82) is 0 Å².